The van der Waals surface area contributed by atoms with Gasteiger partial charge >= 0.3 is 0 Å². The van der Waals surface area contributed by atoms with Crippen LogP contribution >= 0.6 is 24.0 Å². The summed E-state index contributed by atoms with van der Waals surface area (Å²) < 4.78 is 0. The zero-order valence-electron chi connectivity index (χ0n) is 10.8. The molecule has 0 amide bonds. The fraction of sp³-hybridized carbons (Fsp3) is 0.667. The molecule has 0 bridgehead atoms. The maximum absolute atomic E-state index is 9.29. The summed E-state index contributed by atoms with van der Waals surface area (Å²) in [6.07, 6.45) is 0. The molecule has 0 saturated carbocycles. The van der Waals surface area contributed by atoms with Crippen molar-refractivity contribution in [2.75, 3.05) is 12.3 Å². The van der Waals surface area contributed by atoms with E-state index < -0.39 is 0 Å². The molecule has 1 N–H and O–H groups in total. The van der Waals surface area contributed by atoms with E-state index in [1.807, 2.05) is 13.8 Å². The predicted molar refractivity (Wildman–Crippen MR) is 77.8 cm³/mol. The number of nitrogens with zero attached hydrogens (tertiary/aromatic N) is 2. The second-order valence-corrected chi connectivity index (χ2v) is 6.05. The van der Waals surface area contributed by atoms with Crippen LogP contribution in [0.15, 0.2) is 10.6 Å². The van der Waals surface area contributed by atoms with Gasteiger partial charge in [-0.3, -0.25) is 0 Å². The van der Waals surface area contributed by atoms with Gasteiger partial charge in [-0.05, 0) is 27.7 Å². The van der Waals surface area contributed by atoms with Crippen LogP contribution in [0.1, 0.15) is 27.7 Å². The average Bonchev–Trinajstić information content (AvgIpc) is 2.66. The lowest BCUT2D eigenvalue weighted by atomic mass is 10.2. The molecule has 0 aromatic carbocycles. The van der Waals surface area contributed by atoms with Gasteiger partial charge in [0.1, 0.15) is 16.6 Å². The van der Waals surface area contributed by atoms with Gasteiger partial charge in [0, 0.05) is 24.4 Å². The summed E-state index contributed by atoms with van der Waals surface area (Å²) >= 11 is 7.02. The van der Waals surface area contributed by atoms with Crippen molar-refractivity contribution in [2.45, 2.75) is 39.8 Å². The SMILES string of the molecule is CC(C)NC(=S)/C(C#N)=C1\SCCN1C(C)C. The first-order chi connectivity index (χ1) is 7.97. The van der Waals surface area contributed by atoms with E-state index in [-0.39, 0.29) is 6.04 Å². The molecule has 0 spiro atoms. The Kier molecular flexibility index (Phi) is 5.29. The lowest BCUT2D eigenvalue weighted by Gasteiger charge is -2.25. The molecule has 1 rings (SSSR count). The third-order valence-corrected chi connectivity index (χ3v) is 3.85. The number of thiocarbonyl (C=S) groups is 1. The first kappa shape index (κ1) is 14.3. The van der Waals surface area contributed by atoms with Crippen LogP contribution in [0.2, 0.25) is 0 Å². The zero-order chi connectivity index (χ0) is 13.0. The molecule has 0 atom stereocenters. The first-order valence-corrected chi connectivity index (χ1v) is 7.21. The van der Waals surface area contributed by atoms with Crippen LogP contribution < -0.4 is 5.32 Å². The predicted octanol–water partition coefficient (Wildman–Crippen LogP) is 2.50. The maximum Gasteiger partial charge on any atom is 0.120 e. The summed E-state index contributed by atoms with van der Waals surface area (Å²) in [6.45, 7) is 9.31. The molecule has 0 radical (unpaired) electrons. The third kappa shape index (κ3) is 3.62. The molecule has 1 aliphatic heterocycles. The number of hydrogen-bond donors (Lipinski definition) is 1. The van der Waals surface area contributed by atoms with Gasteiger partial charge in [-0.25, -0.2) is 0 Å². The number of rotatable bonds is 3. The number of nitrogens with one attached hydrogen (secondary N) is 1. The van der Waals surface area contributed by atoms with E-state index in [1.54, 1.807) is 11.8 Å². The Labute approximate surface area is 113 Å². The summed E-state index contributed by atoms with van der Waals surface area (Å²) in [6, 6.07) is 2.91. The standard InChI is InChI=1S/C12H19N3S2/c1-8(2)14-11(16)10(7-13)12-15(9(3)4)5-6-17-12/h8-9H,5-6H2,1-4H3,(H,14,16)/b12-10-. The molecule has 1 fully saturated rings. The van der Waals surface area contributed by atoms with Gasteiger partial charge in [-0.15, -0.1) is 11.8 Å². The minimum Gasteiger partial charge on any atom is -0.373 e. The molecule has 1 heterocycles. The molecular weight excluding hydrogens is 250 g/mol. The van der Waals surface area contributed by atoms with Crippen LogP contribution in [0.25, 0.3) is 0 Å². The normalized spacial score (nSPS) is 18.5. The van der Waals surface area contributed by atoms with E-state index in [1.165, 1.54) is 0 Å². The number of nitriles is 1. The highest BCUT2D eigenvalue weighted by atomic mass is 32.2. The smallest absolute Gasteiger partial charge is 0.120 e. The van der Waals surface area contributed by atoms with Crippen molar-refractivity contribution in [3.63, 3.8) is 0 Å². The van der Waals surface area contributed by atoms with Crippen molar-refractivity contribution >= 4 is 29.0 Å². The Balaban J connectivity index is 2.98. The fourth-order valence-corrected chi connectivity index (χ4v) is 3.35. The van der Waals surface area contributed by atoms with Crippen molar-refractivity contribution in [1.82, 2.24) is 10.2 Å². The molecule has 5 heteroatoms. The highest BCUT2D eigenvalue weighted by molar-refractivity contribution is 8.03. The van der Waals surface area contributed by atoms with Gasteiger partial charge in [-0.1, -0.05) is 12.2 Å². The highest BCUT2D eigenvalue weighted by Gasteiger charge is 2.25. The maximum atomic E-state index is 9.29. The third-order valence-electron chi connectivity index (χ3n) is 2.43. The molecule has 94 valence electrons. The molecule has 1 saturated heterocycles. The Morgan fingerprint density at radius 3 is 2.59 bits per heavy atom. The lowest BCUT2D eigenvalue weighted by Crippen LogP contribution is -2.33. The van der Waals surface area contributed by atoms with Gasteiger partial charge in [0.2, 0.25) is 0 Å². The molecule has 1 aliphatic rings. The van der Waals surface area contributed by atoms with Crippen molar-refractivity contribution < 1.29 is 0 Å². The number of thioether (sulfide) groups is 1. The Hall–Kier alpha value is -0.730. The van der Waals surface area contributed by atoms with E-state index in [2.05, 4.69) is 30.1 Å². The Morgan fingerprint density at radius 2 is 2.12 bits per heavy atom. The summed E-state index contributed by atoms with van der Waals surface area (Å²) in [4.78, 5) is 2.81. The van der Waals surface area contributed by atoms with Gasteiger partial charge < -0.3 is 10.2 Å². The van der Waals surface area contributed by atoms with Gasteiger partial charge in [0.15, 0.2) is 0 Å². The molecule has 0 aromatic heterocycles. The molecule has 0 aromatic rings. The minimum absolute atomic E-state index is 0.255. The van der Waals surface area contributed by atoms with E-state index >= 15 is 0 Å². The van der Waals surface area contributed by atoms with Crippen LogP contribution in [0.4, 0.5) is 0 Å². The van der Waals surface area contributed by atoms with Crippen LogP contribution in [-0.4, -0.2) is 34.3 Å². The summed E-state index contributed by atoms with van der Waals surface area (Å²) in [5.41, 5.74) is 0.616. The van der Waals surface area contributed by atoms with E-state index in [9.17, 15) is 5.26 Å². The quantitative estimate of drug-likeness (QED) is 0.484. The topological polar surface area (TPSA) is 39.1 Å². The second-order valence-electron chi connectivity index (χ2n) is 4.56. The van der Waals surface area contributed by atoms with Crippen molar-refractivity contribution in [3.05, 3.63) is 10.6 Å². The molecular formula is C12H19N3S2. The zero-order valence-corrected chi connectivity index (χ0v) is 12.4. The summed E-state index contributed by atoms with van der Waals surface area (Å²) in [5.74, 6) is 1.03. The fourth-order valence-electron chi connectivity index (χ4n) is 1.66. The second kappa shape index (κ2) is 6.27. The van der Waals surface area contributed by atoms with Crippen LogP contribution in [-0.2, 0) is 0 Å². The van der Waals surface area contributed by atoms with Crippen LogP contribution in [0.3, 0.4) is 0 Å². The Morgan fingerprint density at radius 1 is 1.47 bits per heavy atom. The van der Waals surface area contributed by atoms with Crippen molar-refractivity contribution in [2.24, 2.45) is 0 Å². The average molecular weight is 269 g/mol. The lowest BCUT2D eigenvalue weighted by molar-refractivity contribution is 0.331. The summed E-state index contributed by atoms with van der Waals surface area (Å²) in [7, 11) is 0. The molecule has 0 unspecified atom stereocenters. The van der Waals surface area contributed by atoms with Crippen LogP contribution in [0.5, 0.6) is 0 Å². The van der Waals surface area contributed by atoms with Gasteiger partial charge in [-0.2, -0.15) is 5.26 Å². The monoisotopic (exact) mass is 269 g/mol. The van der Waals surface area contributed by atoms with E-state index in [0.717, 1.165) is 17.3 Å². The van der Waals surface area contributed by atoms with Crippen molar-refractivity contribution in [1.29, 1.82) is 5.26 Å². The number of hydrogen-bond acceptors (Lipinski definition) is 4. The minimum atomic E-state index is 0.255. The highest BCUT2D eigenvalue weighted by Crippen LogP contribution is 2.32. The van der Waals surface area contributed by atoms with E-state index in [0.29, 0.717) is 16.6 Å². The van der Waals surface area contributed by atoms with E-state index in [4.69, 9.17) is 12.2 Å². The first-order valence-electron chi connectivity index (χ1n) is 5.82. The van der Waals surface area contributed by atoms with Gasteiger partial charge in [0.25, 0.3) is 0 Å². The summed E-state index contributed by atoms with van der Waals surface area (Å²) in [5, 5.41) is 13.5. The van der Waals surface area contributed by atoms with Gasteiger partial charge in [0.05, 0.1) is 5.03 Å². The molecule has 0 aliphatic carbocycles. The molecule has 17 heavy (non-hydrogen) atoms. The Bertz CT molecular complexity index is 366. The van der Waals surface area contributed by atoms with Crippen LogP contribution in [0, 0.1) is 11.3 Å². The largest absolute Gasteiger partial charge is 0.373 e. The van der Waals surface area contributed by atoms with Crippen molar-refractivity contribution in [3.8, 4) is 6.07 Å². The molecule has 3 nitrogen and oxygen atoms in total.